The van der Waals surface area contributed by atoms with E-state index in [-0.39, 0.29) is 40.5 Å². The highest BCUT2D eigenvalue weighted by atomic mass is 35.5. The highest BCUT2D eigenvalue weighted by Gasteiger charge is 2.51. The maximum absolute atomic E-state index is 14.0. The summed E-state index contributed by atoms with van der Waals surface area (Å²) in [5.74, 6) is 4.95. The van der Waals surface area contributed by atoms with Gasteiger partial charge in [-0.25, -0.2) is 9.00 Å². The van der Waals surface area contributed by atoms with Crippen molar-refractivity contribution in [1.82, 2.24) is 14.5 Å². The zero-order valence-electron chi connectivity index (χ0n) is 31.2. The van der Waals surface area contributed by atoms with Crippen LogP contribution >= 0.6 is 11.6 Å². The van der Waals surface area contributed by atoms with Crippen molar-refractivity contribution in [3.05, 3.63) is 70.3 Å². The van der Waals surface area contributed by atoms with E-state index in [2.05, 4.69) is 51.6 Å². The first-order valence-corrected chi connectivity index (χ1v) is 21.4. The van der Waals surface area contributed by atoms with E-state index in [0.29, 0.717) is 44.2 Å². The summed E-state index contributed by atoms with van der Waals surface area (Å²) >= 11 is 6.51. The molecule has 4 heterocycles. The van der Waals surface area contributed by atoms with Gasteiger partial charge in [0.25, 0.3) is 5.91 Å². The number of carbonyl (C=O) groups is 2. The SMILES string of the molecule is C=S1(=O)NC(=O)c2ccc3c(c2)N(C[C@@H]2CC[C@H]2[C@](CN2CCN4C(=O)OC[C@@H]4C2)(OC)/C=C/C[C@H](C)[C@H]1C)C[C@@]1(CCCc2cc(Cl)ccc21)CO3. The lowest BCUT2D eigenvalue weighted by molar-refractivity contribution is -0.0962. The molecule has 2 aromatic carbocycles. The van der Waals surface area contributed by atoms with Gasteiger partial charge in [0.15, 0.2) is 0 Å². The zero-order chi connectivity index (χ0) is 37.1. The molecule has 0 radical (unpaired) electrons. The summed E-state index contributed by atoms with van der Waals surface area (Å²) in [6.07, 6.45) is 10.0. The minimum Gasteiger partial charge on any atom is -0.490 e. The number of nitrogens with zero attached hydrogens (tertiary/aromatic N) is 3. The normalized spacial score (nSPS) is 36.6. The molecule has 12 heteroatoms. The maximum atomic E-state index is 14.0. The quantitative estimate of drug-likeness (QED) is 0.314. The number of cyclic esters (lactones) is 1. The van der Waals surface area contributed by atoms with Crippen LogP contribution in [0.4, 0.5) is 10.5 Å². The average molecular weight is 765 g/mol. The van der Waals surface area contributed by atoms with E-state index < -0.39 is 15.3 Å². The second-order valence-corrected chi connectivity index (χ2v) is 19.4. The van der Waals surface area contributed by atoms with Crippen LogP contribution in [0.1, 0.15) is 67.4 Å². The van der Waals surface area contributed by atoms with Crippen LogP contribution < -0.4 is 14.4 Å². The number of ether oxygens (including phenoxy) is 3. The molecule has 0 aromatic heterocycles. The number of nitrogens with one attached hydrogen (secondary N) is 1. The van der Waals surface area contributed by atoms with Gasteiger partial charge in [-0.15, -0.1) is 0 Å². The maximum Gasteiger partial charge on any atom is 0.410 e. The smallest absolute Gasteiger partial charge is 0.410 e. The number of methoxy groups -OCH3 is 1. The van der Waals surface area contributed by atoms with Crippen LogP contribution in [-0.4, -0.2) is 108 Å². The number of amides is 2. The molecule has 3 fully saturated rings. The molecule has 8 rings (SSSR count). The molecule has 1 unspecified atom stereocenters. The highest BCUT2D eigenvalue weighted by molar-refractivity contribution is 7.99. The third kappa shape index (κ3) is 6.74. The summed E-state index contributed by atoms with van der Waals surface area (Å²) in [5.41, 5.74) is 3.06. The lowest BCUT2D eigenvalue weighted by atomic mass is 9.63. The van der Waals surface area contributed by atoms with E-state index >= 15 is 0 Å². The number of halogens is 1. The van der Waals surface area contributed by atoms with Gasteiger partial charge in [0.2, 0.25) is 0 Å². The molecule has 2 saturated heterocycles. The molecule has 6 aliphatic rings. The Morgan fingerprint density at radius 3 is 2.74 bits per heavy atom. The molecule has 1 N–H and O–H groups in total. The summed E-state index contributed by atoms with van der Waals surface area (Å²) in [6.45, 7) is 9.26. The number of piperazine rings is 1. The summed E-state index contributed by atoms with van der Waals surface area (Å²) in [7, 11) is -1.15. The molecule has 286 valence electrons. The Bertz CT molecular complexity index is 1910. The van der Waals surface area contributed by atoms with Crippen molar-refractivity contribution in [1.29, 1.82) is 0 Å². The second kappa shape index (κ2) is 14.1. The summed E-state index contributed by atoms with van der Waals surface area (Å²) in [4.78, 5) is 32.9. The van der Waals surface area contributed by atoms with E-state index in [1.165, 1.54) is 11.1 Å². The van der Waals surface area contributed by atoms with Crippen molar-refractivity contribution in [2.75, 3.05) is 64.5 Å². The van der Waals surface area contributed by atoms with E-state index in [1.807, 2.05) is 37.1 Å². The molecule has 8 atom stereocenters. The Morgan fingerprint density at radius 1 is 1.09 bits per heavy atom. The Morgan fingerprint density at radius 2 is 1.94 bits per heavy atom. The first-order valence-electron chi connectivity index (χ1n) is 19.3. The standard InChI is InChI=1S/C41H53ClN4O6S/c1-27-7-5-16-41(50-3,25-44-17-18-46-33(22-44)23-51-39(46)48)35-12-9-31(35)21-45-24-40(15-6-8-29-19-32(42)11-13-34(29)40)26-52-37-14-10-30(20-36(37)45)38(47)43-53(4,49)28(27)2/h5,10-11,13-14,16,19-20,27-28,31,33,35H,4,6-9,12,15,17-18,21-26H2,1-3H3,(H,43,47,49)/b16-5+/t27-,28+,31-,33-,35+,40-,41-,53?/m0/s1. The van der Waals surface area contributed by atoms with Crippen LogP contribution in [0.25, 0.3) is 0 Å². The predicted octanol–water partition coefficient (Wildman–Crippen LogP) is 5.71. The van der Waals surface area contributed by atoms with Gasteiger partial charge in [-0.1, -0.05) is 36.7 Å². The number of hydrogen-bond acceptors (Lipinski definition) is 8. The van der Waals surface area contributed by atoms with Gasteiger partial charge in [-0.3, -0.25) is 19.3 Å². The number of allylic oxidation sites excluding steroid dienone is 1. The van der Waals surface area contributed by atoms with E-state index in [4.69, 9.17) is 25.8 Å². The number of hydrogen-bond donors (Lipinski definition) is 1. The minimum absolute atomic E-state index is 0.0122. The number of carbonyl (C=O) groups excluding carboxylic acids is 2. The summed E-state index contributed by atoms with van der Waals surface area (Å²) < 4.78 is 35.7. The first kappa shape index (κ1) is 36.7. The van der Waals surface area contributed by atoms with Crippen molar-refractivity contribution < 1.29 is 28.0 Å². The zero-order valence-corrected chi connectivity index (χ0v) is 32.8. The molecule has 1 spiro atoms. The van der Waals surface area contributed by atoms with E-state index in [1.54, 1.807) is 6.07 Å². The number of rotatable bonds is 3. The number of fused-ring (bicyclic) bond motifs is 5. The van der Waals surface area contributed by atoms with Gasteiger partial charge >= 0.3 is 6.09 Å². The molecular weight excluding hydrogens is 712 g/mol. The fourth-order valence-corrected chi connectivity index (χ4v) is 11.6. The van der Waals surface area contributed by atoms with Crippen LogP contribution in [0.5, 0.6) is 5.75 Å². The Labute approximate surface area is 319 Å². The van der Waals surface area contributed by atoms with Crippen LogP contribution in [0.15, 0.2) is 48.6 Å². The average Bonchev–Trinajstić information content (AvgIpc) is 3.42. The molecule has 10 nitrogen and oxygen atoms in total. The van der Waals surface area contributed by atoms with Crippen molar-refractivity contribution in [3.8, 4) is 5.75 Å². The van der Waals surface area contributed by atoms with Crippen molar-refractivity contribution in [2.24, 2.45) is 17.8 Å². The lowest BCUT2D eigenvalue weighted by Crippen LogP contribution is -2.60. The molecular formula is C41H53ClN4O6S. The topological polar surface area (TPSA) is 101 Å². The van der Waals surface area contributed by atoms with E-state index in [0.717, 1.165) is 74.7 Å². The predicted molar refractivity (Wildman–Crippen MR) is 210 cm³/mol. The highest BCUT2D eigenvalue weighted by Crippen LogP contribution is 2.49. The van der Waals surface area contributed by atoms with Gasteiger partial charge in [-0.05, 0) is 111 Å². The number of benzene rings is 2. The van der Waals surface area contributed by atoms with Gasteiger partial charge in [0.1, 0.15) is 18.0 Å². The molecule has 2 aromatic rings. The van der Waals surface area contributed by atoms with Crippen LogP contribution in [0, 0.1) is 17.8 Å². The Kier molecular flexibility index (Phi) is 9.78. The Hall–Kier alpha value is -3.25. The Balaban J connectivity index is 1.19. The molecule has 1 saturated carbocycles. The van der Waals surface area contributed by atoms with E-state index in [9.17, 15) is 13.8 Å². The fourth-order valence-electron chi connectivity index (χ4n) is 9.95. The number of aryl methyl sites for hydroxylation is 1. The van der Waals surface area contributed by atoms with Crippen molar-refractivity contribution in [2.45, 2.75) is 74.7 Å². The second-order valence-electron chi connectivity index (χ2n) is 16.5. The van der Waals surface area contributed by atoms with Crippen molar-refractivity contribution >= 4 is 44.9 Å². The third-order valence-electron chi connectivity index (χ3n) is 13.4. The van der Waals surface area contributed by atoms with Gasteiger partial charge in [0.05, 0.1) is 28.0 Å². The molecule has 2 aliphatic carbocycles. The van der Waals surface area contributed by atoms with Crippen LogP contribution in [-0.2, 0) is 31.0 Å². The molecule has 4 aliphatic heterocycles. The molecule has 53 heavy (non-hydrogen) atoms. The fraction of sp³-hybridized carbons (Fsp3) is 0.585. The van der Waals surface area contributed by atoms with Gasteiger partial charge in [0, 0.05) is 67.6 Å². The van der Waals surface area contributed by atoms with Crippen LogP contribution in [0.3, 0.4) is 0 Å². The van der Waals surface area contributed by atoms with Gasteiger partial charge < -0.3 is 19.1 Å². The summed E-state index contributed by atoms with van der Waals surface area (Å²) in [6, 6.07) is 11.9. The minimum atomic E-state index is -2.99. The van der Waals surface area contributed by atoms with Crippen molar-refractivity contribution in [3.63, 3.8) is 0 Å². The monoisotopic (exact) mass is 764 g/mol. The first-order chi connectivity index (χ1) is 25.4. The lowest BCUT2D eigenvalue weighted by Gasteiger charge is -2.52. The molecule has 2 amide bonds. The largest absolute Gasteiger partial charge is 0.490 e. The third-order valence-corrected chi connectivity index (χ3v) is 15.9. The number of anilines is 1. The van der Waals surface area contributed by atoms with Gasteiger partial charge in [-0.2, -0.15) is 0 Å². The van der Waals surface area contributed by atoms with Crippen LogP contribution in [0.2, 0.25) is 5.02 Å². The molecule has 2 bridgehead atoms. The summed E-state index contributed by atoms with van der Waals surface area (Å²) in [5, 5.41) is 0.380.